The van der Waals surface area contributed by atoms with E-state index < -0.39 is 5.97 Å². The van der Waals surface area contributed by atoms with Crippen LogP contribution in [0, 0.1) is 0 Å². The van der Waals surface area contributed by atoms with Gasteiger partial charge >= 0.3 is 5.97 Å². The monoisotopic (exact) mass is 333 g/mol. The molecule has 0 amide bonds. The Bertz CT molecular complexity index is 574. The van der Waals surface area contributed by atoms with Crippen molar-refractivity contribution in [2.75, 3.05) is 34.4 Å². The van der Waals surface area contributed by atoms with Gasteiger partial charge in [-0.3, -0.25) is 0 Å². The van der Waals surface area contributed by atoms with Crippen LogP contribution in [0.2, 0.25) is 0 Å². The molecule has 0 aromatic heterocycles. The molecule has 6 heteroatoms. The summed E-state index contributed by atoms with van der Waals surface area (Å²) >= 11 is 0. The predicted molar refractivity (Wildman–Crippen MR) is 93.5 cm³/mol. The Kier molecular flexibility index (Phi) is 8.15. The molecule has 6 nitrogen and oxygen atoms in total. The Balaban J connectivity index is 2.90. The summed E-state index contributed by atoms with van der Waals surface area (Å²) in [5, 5.41) is 1.45. The molecule has 0 bridgehead atoms. The Morgan fingerprint density at radius 2 is 1.58 bits per heavy atom. The maximum absolute atomic E-state index is 11.9. The molecule has 0 atom stereocenters. The maximum Gasteiger partial charge on any atom is 0.397 e. The van der Waals surface area contributed by atoms with E-state index in [1.165, 1.54) is 32.5 Å². The van der Waals surface area contributed by atoms with Crippen LogP contribution in [0.4, 0.5) is 0 Å². The van der Waals surface area contributed by atoms with Gasteiger partial charge in [0.2, 0.25) is 5.75 Å². The summed E-state index contributed by atoms with van der Waals surface area (Å²) in [5.74, 6) is 0.991. The molecule has 0 aliphatic carbocycles. The minimum atomic E-state index is -0.507. The predicted octanol–water partition coefficient (Wildman–Crippen LogP) is 2.70. The highest BCUT2D eigenvalue weighted by Crippen LogP contribution is 2.38. The Hall–Kier alpha value is -2.73. The Morgan fingerprint density at radius 1 is 1.04 bits per heavy atom. The van der Waals surface area contributed by atoms with Gasteiger partial charge in [-0.2, -0.15) is 0 Å². The first-order chi connectivity index (χ1) is 11.6. The minimum Gasteiger partial charge on any atom is -0.493 e. The lowest BCUT2D eigenvalue weighted by atomic mass is 10.1. The van der Waals surface area contributed by atoms with E-state index in [2.05, 4.69) is 13.2 Å². The van der Waals surface area contributed by atoms with Gasteiger partial charge in [-0.1, -0.05) is 13.2 Å². The van der Waals surface area contributed by atoms with Gasteiger partial charge in [0.1, 0.15) is 0 Å². The third-order valence-corrected chi connectivity index (χ3v) is 2.98. The number of carbonyl (C=O) groups excluding carboxylic acids is 1. The molecule has 129 valence electrons. The van der Waals surface area contributed by atoms with E-state index in [-0.39, 0.29) is 0 Å². The molecule has 0 unspecified atom stereocenters. The SMILES string of the molecule is C=CC[N+](CC=C)OC(=O)C=Cc1cc(OC)c(OC)c(OC)c1. The number of methoxy groups -OCH3 is 3. The number of nitrogens with zero attached hydrogens (tertiary/aromatic N) is 1. The topological polar surface area (TPSA) is 59.9 Å². The highest BCUT2D eigenvalue weighted by Gasteiger charge is 2.17. The molecule has 0 N–H and O–H groups in total. The van der Waals surface area contributed by atoms with Crippen molar-refractivity contribution in [3.8, 4) is 17.2 Å². The molecule has 0 saturated heterocycles. The zero-order valence-electron chi connectivity index (χ0n) is 14.3. The summed E-state index contributed by atoms with van der Waals surface area (Å²) in [4.78, 5) is 17.1. The minimum absolute atomic E-state index is 0.412. The lowest BCUT2D eigenvalue weighted by Gasteiger charge is -2.12. The van der Waals surface area contributed by atoms with Crippen LogP contribution in [-0.4, -0.2) is 40.4 Å². The first-order valence-corrected chi connectivity index (χ1v) is 7.26. The average molecular weight is 333 g/mol. The van der Waals surface area contributed by atoms with Crippen LogP contribution in [0.15, 0.2) is 43.5 Å². The molecular formula is C18H23NO5+. The van der Waals surface area contributed by atoms with Gasteiger partial charge in [-0.15, -0.1) is 0 Å². The van der Waals surface area contributed by atoms with Gasteiger partial charge in [-0.25, -0.2) is 9.63 Å². The number of ether oxygens (including phenoxy) is 3. The molecule has 1 rings (SSSR count). The van der Waals surface area contributed by atoms with Crippen molar-refractivity contribution in [2.45, 2.75) is 0 Å². The third kappa shape index (κ3) is 5.48. The van der Waals surface area contributed by atoms with Gasteiger partial charge in [0, 0.05) is 6.08 Å². The van der Waals surface area contributed by atoms with Gasteiger partial charge in [0.05, 0.1) is 26.4 Å². The largest absolute Gasteiger partial charge is 0.493 e. The highest BCUT2D eigenvalue weighted by atomic mass is 16.7. The molecule has 1 radical (unpaired) electrons. The van der Waals surface area contributed by atoms with Crippen molar-refractivity contribution in [1.82, 2.24) is 5.06 Å². The molecule has 1 aromatic rings. The number of hydrogen-bond acceptors (Lipinski definition) is 6. The van der Waals surface area contributed by atoms with Crippen molar-refractivity contribution in [2.24, 2.45) is 0 Å². The second-order valence-corrected chi connectivity index (χ2v) is 4.63. The molecule has 0 aliphatic heterocycles. The van der Waals surface area contributed by atoms with Crippen molar-refractivity contribution in [3.05, 3.63) is 49.1 Å². The van der Waals surface area contributed by atoms with E-state index in [4.69, 9.17) is 19.0 Å². The van der Waals surface area contributed by atoms with E-state index in [1.807, 2.05) is 0 Å². The summed E-state index contributed by atoms with van der Waals surface area (Å²) in [5.41, 5.74) is 0.709. The van der Waals surface area contributed by atoms with Gasteiger partial charge in [0.15, 0.2) is 24.6 Å². The fraction of sp³-hybridized carbons (Fsp3) is 0.278. The number of carbonyl (C=O) groups is 1. The first kappa shape index (κ1) is 19.3. The van der Waals surface area contributed by atoms with E-state index in [0.29, 0.717) is 35.9 Å². The molecule has 0 saturated carbocycles. The fourth-order valence-electron chi connectivity index (χ4n) is 1.96. The van der Waals surface area contributed by atoms with E-state index in [9.17, 15) is 4.79 Å². The van der Waals surface area contributed by atoms with Crippen molar-refractivity contribution in [3.63, 3.8) is 0 Å². The molecule has 1 aromatic carbocycles. The van der Waals surface area contributed by atoms with Crippen LogP contribution in [-0.2, 0) is 9.63 Å². The van der Waals surface area contributed by atoms with Gasteiger partial charge in [-0.05, 0) is 35.9 Å². The number of hydroxylamine groups is 2. The molecular weight excluding hydrogens is 310 g/mol. The maximum atomic E-state index is 11.9. The highest BCUT2D eigenvalue weighted by molar-refractivity contribution is 5.87. The number of benzene rings is 1. The van der Waals surface area contributed by atoms with E-state index in [0.717, 1.165) is 0 Å². The van der Waals surface area contributed by atoms with Crippen LogP contribution >= 0.6 is 0 Å². The summed E-state index contributed by atoms with van der Waals surface area (Å²) in [6.45, 7) is 8.05. The normalized spacial score (nSPS) is 10.5. The first-order valence-electron chi connectivity index (χ1n) is 7.26. The summed E-state index contributed by atoms with van der Waals surface area (Å²) in [7, 11) is 4.59. The summed E-state index contributed by atoms with van der Waals surface area (Å²) in [6.07, 6.45) is 6.20. The quantitative estimate of drug-likeness (QED) is 0.285. The zero-order chi connectivity index (χ0) is 17.9. The van der Waals surface area contributed by atoms with Crippen LogP contribution in [0.5, 0.6) is 17.2 Å². The number of rotatable bonds is 10. The van der Waals surface area contributed by atoms with Crippen LogP contribution < -0.4 is 19.3 Å². The summed E-state index contributed by atoms with van der Waals surface area (Å²) < 4.78 is 15.8. The standard InChI is InChI=1S/C18H23NO5/c1-6-10-19(11-7-2)24-17(20)9-8-14-12-15(21-3)18(23-5)16(13-14)22-4/h6-9,12-13H,1-2,10-11H2,3-5H3/q+1. The smallest absolute Gasteiger partial charge is 0.397 e. The second-order valence-electron chi connectivity index (χ2n) is 4.63. The van der Waals surface area contributed by atoms with Crippen molar-refractivity contribution >= 4 is 12.0 Å². The van der Waals surface area contributed by atoms with Gasteiger partial charge in [0.25, 0.3) is 0 Å². The zero-order valence-corrected chi connectivity index (χ0v) is 14.3. The van der Waals surface area contributed by atoms with Crippen molar-refractivity contribution < 1.29 is 23.8 Å². The second kappa shape index (κ2) is 10.1. The molecule has 0 heterocycles. The fourth-order valence-corrected chi connectivity index (χ4v) is 1.96. The summed E-state index contributed by atoms with van der Waals surface area (Å²) in [6, 6.07) is 3.47. The molecule has 24 heavy (non-hydrogen) atoms. The number of hydrogen-bond donors (Lipinski definition) is 0. The third-order valence-electron chi connectivity index (χ3n) is 2.98. The Morgan fingerprint density at radius 3 is 2.00 bits per heavy atom. The van der Waals surface area contributed by atoms with Gasteiger partial charge < -0.3 is 14.2 Å². The van der Waals surface area contributed by atoms with E-state index >= 15 is 0 Å². The van der Waals surface area contributed by atoms with Crippen LogP contribution in [0.1, 0.15) is 5.56 Å². The molecule has 0 aliphatic rings. The lowest BCUT2D eigenvalue weighted by Crippen LogP contribution is -2.32. The molecule has 0 spiro atoms. The van der Waals surface area contributed by atoms with E-state index in [1.54, 1.807) is 30.4 Å². The van der Waals surface area contributed by atoms with Crippen LogP contribution in [0.25, 0.3) is 6.08 Å². The molecule has 0 fully saturated rings. The van der Waals surface area contributed by atoms with Crippen molar-refractivity contribution in [1.29, 1.82) is 0 Å². The lowest BCUT2D eigenvalue weighted by molar-refractivity contribution is -0.156. The Labute approximate surface area is 142 Å². The average Bonchev–Trinajstić information content (AvgIpc) is 2.59. The van der Waals surface area contributed by atoms with Crippen LogP contribution in [0.3, 0.4) is 0 Å².